The van der Waals surface area contributed by atoms with Crippen molar-refractivity contribution < 1.29 is 20.1 Å². The molecule has 0 saturated heterocycles. The molecule has 1 aromatic carbocycles. The maximum Gasteiger partial charge on any atom is 0.254 e. The minimum absolute atomic E-state index is 0.110. The van der Waals surface area contributed by atoms with Gasteiger partial charge in [-0.25, -0.2) is 0 Å². The number of carbonyl (C=O) groups excluding carboxylic acids is 1. The van der Waals surface area contributed by atoms with E-state index >= 15 is 0 Å². The Hall–Kier alpha value is -1.59. The second kappa shape index (κ2) is 7.53. The molecule has 3 unspecified atom stereocenters. The summed E-state index contributed by atoms with van der Waals surface area (Å²) in [6, 6.07) is 6.55. The molecule has 5 nitrogen and oxygen atoms in total. The third-order valence-corrected chi connectivity index (χ3v) is 5.08. The number of hydrogen-bond donors (Lipinski definition) is 4. The van der Waals surface area contributed by atoms with E-state index in [9.17, 15) is 20.1 Å². The maximum atomic E-state index is 12.7. The largest absolute Gasteiger partial charge is 0.508 e. The monoisotopic (exact) mass is 335 g/mol. The lowest BCUT2D eigenvalue weighted by molar-refractivity contribution is -0.158. The Morgan fingerprint density at radius 3 is 2.71 bits per heavy atom. The number of nitrogens with one attached hydrogen (secondary N) is 1. The van der Waals surface area contributed by atoms with E-state index in [1.165, 1.54) is 0 Å². The second-order valence-electron chi connectivity index (χ2n) is 7.52. The highest BCUT2D eigenvalue weighted by Crippen LogP contribution is 2.41. The highest BCUT2D eigenvalue weighted by molar-refractivity contribution is 5.85. The number of amides is 1. The maximum absolute atomic E-state index is 12.7. The van der Waals surface area contributed by atoms with Gasteiger partial charge in [-0.2, -0.15) is 0 Å². The molecule has 0 bridgehead atoms. The van der Waals surface area contributed by atoms with Gasteiger partial charge in [-0.1, -0.05) is 39.3 Å². The zero-order valence-electron chi connectivity index (χ0n) is 14.7. The second-order valence-corrected chi connectivity index (χ2v) is 7.52. The number of rotatable bonds is 5. The zero-order chi connectivity index (χ0) is 17.9. The number of aromatic hydroxyl groups is 1. The summed E-state index contributed by atoms with van der Waals surface area (Å²) in [5.41, 5.74) is -0.724. The van der Waals surface area contributed by atoms with Gasteiger partial charge in [0.05, 0.1) is 0 Å². The number of aliphatic hydroxyl groups excluding tert-OH is 1. The number of phenolic OH excluding ortho intramolecular Hbond substituents is 1. The summed E-state index contributed by atoms with van der Waals surface area (Å²) in [7, 11) is 0. The zero-order valence-corrected chi connectivity index (χ0v) is 14.7. The van der Waals surface area contributed by atoms with Crippen molar-refractivity contribution >= 4 is 5.91 Å². The number of phenols is 1. The van der Waals surface area contributed by atoms with Crippen LogP contribution in [0.2, 0.25) is 0 Å². The van der Waals surface area contributed by atoms with Crippen LogP contribution in [-0.4, -0.2) is 33.1 Å². The van der Waals surface area contributed by atoms with Crippen molar-refractivity contribution in [1.82, 2.24) is 5.32 Å². The molecule has 1 saturated carbocycles. The number of hydrogen-bond acceptors (Lipinski definition) is 4. The SMILES string of the molecule is CC1CCC(C(C)C)[C@@](O)(C(=O)NC(O)Cc2cccc(O)c2)C1. The predicted octanol–water partition coefficient (Wildman–Crippen LogP) is 2.19. The average Bonchev–Trinajstić information content (AvgIpc) is 2.46. The van der Waals surface area contributed by atoms with Crippen molar-refractivity contribution in [2.24, 2.45) is 17.8 Å². The van der Waals surface area contributed by atoms with Gasteiger partial charge in [0.1, 0.15) is 17.6 Å². The molecule has 0 spiro atoms. The normalized spacial score (nSPS) is 28.6. The third-order valence-electron chi connectivity index (χ3n) is 5.08. The van der Waals surface area contributed by atoms with Crippen LogP contribution in [0.25, 0.3) is 0 Å². The Bertz CT molecular complexity index is 574. The molecule has 1 aliphatic carbocycles. The number of aliphatic hydroxyl groups is 2. The summed E-state index contributed by atoms with van der Waals surface area (Å²) < 4.78 is 0. The quantitative estimate of drug-likeness (QED) is 0.621. The van der Waals surface area contributed by atoms with Crippen molar-refractivity contribution in [1.29, 1.82) is 0 Å². The van der Waals surface area contributed by atoms with E-state index in [1.807, 2.05) is 20.8 Å². The van der Waals surface area contributed by atoms with Crippen molar-refractivity contribution in [3.8, 4) is 5.75 Å². The fourth-order valence-electron chi connectivity index (χ4n) is 3.87. The minimum atomic E-state index is -1.44. The van der Waals surface area contributed by atoms with Crippen LogP contribution in [0, 0.1) is 17.8 Å². The Morgan fingerprint density at radius 1 is 1.38 bits per heavy atom. The first-order valence-electron chi connectivity index (χ1n) is 8.71. The van der Waals surface area contributed by atoms with Gasteiger partial charge in [0.2, 0.25) is 0 Å². The molecule has 2 rings (SSSR count). The van der Waals surface area contributed by atoms with Gasteiger partial charge in [0.15, 0.2) is 0 Å². The average molecular weight is 335 g/mol. The van der Waals surface area contributed by atoms with Crippen LogP contribution < -0.4 is 5.32 Å². The molecule has 1 aromatic rings. The molecule has 0 radical (unpaired) electrons. The van der Waals surface area contributed by atoms with Crippen molar-refractivity contribution in [3.05, 3.63) is 29.8 Å². The van der Waals surface area contributed by atoms with Gasteiger partial charge in [-0.05, 0) is 48.3 Å². The highest BCUT2D eigenvalue weighted by atomic mass is 16.3. The fraction of sp³-hybridized carbons (Fsp3) is 0.632. The molecular formula is C19H29NO4. The summed E-state index contributed by atoms with van der Waals surface area (Å²) in [6.45, 7) is 6.07. The van der Waals surface area contributed by atoms with Gasteiger partial charge in [0.25, 0.3) is 5.91 Å². The first-order chi connectivity index (χ1) is 11.2. The summed E-state index contributed by atoms with van der Waals surface area (Å²) >= 11 is 0. The van der Waals surface area contributed by atoms with Crippen LogP contribution in [0.4, 0.5) is 0 Å². The van der Waals surface area contributed by atoms with Crippen LogP contribution in [0.5, 0.6) is 5.75 Å². The summed E-state index contributed by atoms with van der Waals surface area (Å²) in [5, 5.41) is 33.2. The van der Waals surface area contributed by atoms with Crippen molar-refractivity contribution in [3.63, 3.8) is 0 Å². The standard InChI is InChI=1S/C19H29NO4/c1-12(2)16-8-7-13(3)11-19(16,24)18(23)20-17(22)10-14-5-4-6-15(21)9-14/h4-6,9,12-13,16-17,21-22,24H,7-8,10-11H2,1-3H3,(H,20,23)/t13?,16?,17?,19-/m1/s1. The summed E-state index contributed by atoms with van der Waals surface area (Å²) in [6.07, 6.45) is 1.31. The van der Waals surface area contributed by atoms with Gasteiger partial charge < -0.3 is 20.6 Å². The van der Waals surface area contributed by atoms with Crippen molar-refractivity contribution in [2.45, 2.75) is 58.3 Å². The molecule has 4 N–H and O–H groups in total. The molecular weight excluding hydrogens is 306 g/mol. The topological polar surface area (TPSA) is 89.8 Å². The van der Waals surface area contributed by atoms with Crippen molar-refractivity contribution in [2.75, 3.05) is 0 Å². The Balaban J connectivity index is 2.05. The molecule has 5 heteroatoms. The Kier molecular flexibility index (Phi) is 5.88. The lowest BCUT2D eigenvalue weighted by Crippen LogP contribution is -2.58. The molecule has 0 heterocycles. The van der Waals surface area contributed by atoms with E-state index in [0.717, 1.165) is 12.8 Å². The van der Waals surface area contributed by atoms with E-state index in [1.54, 1.807) is 24.3 Å². The van der Waals surface area contributed by atoms with Gasteiger partial charge >= 0.3 is 0 Å². The molecule has 1 aliphatic rings. The van der Waals surface area contributed by atoms with E-state index in [4.69, 9.17) is 0 Å². The Morgan fingerprint density at radius 2 is 2.08 bits per heavy atom. The highest BCUT2D eigenvalue weighted by Gasteiger charge is 2.48. The molecule has 134 valence electrons. The van der Waals surface area contributed by atoms with Crippen LogP contribution >= 0.6 is 0 Å². The lowest BCUT2D eigenvalue weighted by atomic mass is 9.66. The molecule has 1 amide bonds. The smallest absolute Gasteiger partial charge is 0.254 e. The lowest BCUT2D eigenvalue weighted by Gasteiger charge is -2.43. The van der Waals surface area contributed by atoms with Crippen LogP contribution in [0.1, 0.15) is 45.6 Å². The van der Waals surface area contributed by atoms with E-state index in [-0.39, 0.29) is 29.9 Å². The number of benzene rings is 1. The molecule has 0 aromatic heterocycles. The molecule has 0 aliphatic heterocycles. The summed E-state index contributed by atoms with van der Waals surface area (Å²) in [4.78, 5) is 12.7. The predicted molar refractivity (Wildman–Crippen MR) is 92.3 cm³/mol. The van der Waals surface area contributed by atoms with E-state index in [0.29, 0.717) is 12.0 Å². The first kappa shape index (κ1) is 18.7. The first-order valence-corrected chi connectivity index (χ1v) is 8.71. The van der Waals surface area contributed by atoms with Crippen LogP contribution in [-0.2, 0) is 11.2 Å². The van der Waals surface area contributed by atoms with E-state index in [2.05, 4.69) is 5.32 Å². The summed E-state index contributed by atoms with van der Waals surface area (Å²) in [5.74, 6) is -0.0249. The van der Waals surface area contributed by atoms with Gasteiger partial charge in [0, 0.05) is 6.42 Å². The number of carbonyl (C=O) groups is 1. The van der Waals surface area contributed by atoms with Crippen LogP contribution in [0.15, 0.2) is 24.3 Å². The molecule has 4 atom stereocenters. The Labute approximate surface area is 143 Å². The van der Waals surface area contributed by atoms with Crippen LogP contribution in [0.3, 0.4) is 0 Å². The minimum Gasteiger partial charge on any atom is -0.508 e. The van der Waals surface area contributed by atoms with Gasteiger partial charge in [-0.15, -0.1) is 0 Å². The molecule has 24 heavy (non-hydrogen) atoms. The van der Waals surface area contributed by atoms with Gasteiger partial charge in [-0.3, -0.25) is 4.79 Å². The fourth-order valence-corrected chi connectivity index (χ4v) is 3.87. The molecule has 1 fully saturated rings. The van der Waals surface area contributed by atoms with E-state index < -0.39 is 17.7 Å². The third kappa shape index (κ3) is 4.28.